The van der Waals surface area contributed by atoms with E-state index in [4.69, 9.17) is 8.83 Å². The van der Waals surface area contributed by atoms with Gasteiger partial charge in [-0.05, 0) is 57.4 Å². The maximum atomic E-state index is 5.87. The molecule has 0 atom stereocenters. The molecule has 2 aromatic rings. The molecule has 3 heteroatoms. The van der Waals surface area contributed by atoms with Gasteiger partial charge in [0, 0.05) is 0 Å². The summed E-state index contributed by atoms with van der Waals surface area (Å²) < 4.78 is 11.7. The summed E-state index contributed by atoms with van der Waals surface area (Å²) in [6.07, 6.45) is 2.17. The van der Waals surface area contributed by atoms with Crippen LogP contribution in [0, 0.1) is 27.7 Å². The van der Waals surface area contributed by atoms with Gasteiger partial charge in [0.2, 0.25) is 0 Å². The van der Waals surface area contributed by atoms with Gasteiger partial charge in [-0.1, -0.05) is 13.3 Å². The zero-order valence-electron chi connectivity index (χ0n) is 12.7. The van der Waals surface area contributed by atoms with Gasteiger partial charge in [-0.15, -0.1) is 0 Å². The number of furan rings is 2. The maximum Gasteiger partial charge on any atom is 2.00 e. The molecule has 0 saturated heterocycles. The van der Waals surface area contributed by atoms with Crippen LogP contribution in [0.3, 0.4) is 0 Å². The van der Waals surface area contributed by atoms with Gasteiger partial charge in [-0.25, -0.2) is 0 Å². The summed E-state index contributed by atoms with van der Waals surface area (Å²) in [7, 11) is 0. The standard InChI is InChI=1S/C16H22O2.Ca/c1-6-7-14(15-8-10(2)12(4)17-15)16-9-11(3)13(5)18-16;/h8-9,14H,6-7H2,1-5H3;/q;+2. The Morgan fingerprint density at radius 2 is 1.32 bits per heavy atom. The number of hydrogen-bond donors (Lipinski definition) is 0. The fraction of sp³-hybridized carbons (Fsp3) is 0.500. The van der Waals surface area contributed by atoms with Crippen molar-refractivity contribution >= 4 is 37.7 Å². The van der Waals surface area contributed by atoms with E-state index in [0.29, 0.717) is 0 Å². The Morgan fingerprint density at radius 1 is 0.895 bits per heavy atom. The molecule has 0 fully saturated rings. The summed E-state index contributed by atoms with van der Waals surface area (Å²) >= 11 is 0. The second-order valence-electron chi connectivity index (χ2n) is 5.12. The van der Waals surface area contributed by atoms with Gasteiger partial charge in [0.05, 0.1) is 5.92 Å². The molecule has 0 radical (unpaired) electrons. The minimum absolute atomic E-state index is 0. The Bertz CT molecular complexity index is 452. The average molecular weight is 286 g/mol. The molecule has 0 unspecified atom stereocenters. The Hall–Kier alpha value is -0.180. The average Bonchev–Trinajstić information content (AvgIpc) is 2.81. The van der Waals surface area contributed by atoms with Crippen molar-refractivity contribution in [2.24, 2.45) is 0 Å². The first-order valence-corrected chi connectivity index (χ1v) is 6.66. The van der Waals surface area contributed by atoms with Crippen LogP contribution in [0.5, 0.6) is 0 Å². The summed E-state index contributed by atoms with van der Waals surface area (Å²) in [6.45, 7) is 10.4. The van der Waals surface area contributed by atoms with E-state index < -0.39 is 0 Å². The maximum absolute atomic E-state index is 5.87. The Morgan fingerprint density at radius 3 is 1.58 bits per heavy atom. The van der Waals surface area contributed by atoms with E-state index in [1.54, 1.807) is 0 Å². The third-order valence-electron chi connectivity index (χ3n) is 3.63. The molecule has 0 aliphatic carbocycles. The monoisotopic (exact) mass is 286 g/mol. The molecule has 0 N–H and O–H groups in total. The van der Waals surface area contributed by atoms with Gasteiger partial charge >= 0.3 is 37.7 Å². The minimum atomic E-state index is 0. The molecule has 2 nitrogen and oxygen atoms in total. The van der Waals surface area contributed by atoms with Gasteiger partial charge in [0.1, 0.15) is 23.0 Å². The van der Waals surface area contributed by atoms with Crippen LogP contribution in [-0.4, -0.2) is 37.7 Å². The van der Waals surface area contributed by atoms with E-state index in [9.17, 15) is 0 Å². The van der Waals surface area contributed by atoms with E-state index in [1.165, 1.54) is 11.1 Å². The zero-order chi connectivity index (χ0) is 13.3. The van der Waals surface area contributed by atoms with Crippen LogP contribution in [0.25, 0.3) is 0 Å². The van der Waals surface area contributed by atoms with Crippen molar-refractivity contribution in [1.82, 2.24) is 0 Å². The summed E-state index contributed by atoms with van der Waals surface area (Å²) in [5.74, 6) is 4.31. The zero-order valence-corrected chi connectivity index (χ0v) is 14.9. The molecule has 2 aromatic heterocycles. The van der Waals surface area contributed by atoms with Crippen molar-refractivity contribution < 1.29 is 8.83 Å². The molecule has 0 aromatic carbocycles. The second kappa shape index (κ2) is 7.01. The van der Waals surface area contributed by atoms with E-state index in [0.717, 1.165) is 35.9 Å². The molecular weight excluding hydrogens is 264 g/mol. The van der Waals surface area contributed by atoms with Crippen molar-refractivity contribution in [2.45, 2.75) is 53.4 Å². The molecule has 2 rings (SSSR count). The minimum Gasteiger partial charge on any atom is -0.465 e. The van der Waals surface area contributed by atoms with Gasteiger partial charge < -0.3 is 8.83 Å². The molecule has 0 spiro atoms. The van der Waals surface area contributed by atoms with Crippen LogP contribution in [0.1, 0.15) is 59.9 Å². The summed E-state index contributed by atoms with van der Waals surface area (Å²) in [4.78, 5) is 0. The summed E-state index contributed by atoms with van der Waals surface area (Å²) in [6, 6.07) is 4.28. The van der Waals surface area contributed by atoms with Crippen molar-refractivity contribution in [3.05, 3.63) is 46.3 Å². The first kappa shape index (κ1) is 16.9. The van der Waals surface area contributed by atoms with Crippen LogP contribution in [-0.2, 0) is 0 Å². The van der Waals surface area contributed by atoms with Gasteiger partial charge in [-0.3, -0.25) is 0 Å². The molecule has 0 bridgehead atoms. The van der Waals surface area contributed by atoms with Crippen molar-refractivity contribution in [3.8, 4) is 0 Å². The molecule has 19 heavy (non-hydrogen) atoms. The molecule has 0 aliphatic rings. The van der Waals surface area contributed by atoms with Crippen LogP contribution >= 0.6 is 0 Å². The van der Waals surface area contributed by atoms with Gasteiger partial charge in [0.15, 0.2) is 0 Å². The smallest absolute Gasteiger partial charge is 0.465 e. The van der Waals surface area contributed by atoms with Crippen LogP contribution < -0.4 is 0 Å². The molecule has 2 heterocycles. The molecular formula is C16H22CaO2+2. The van der Waals surface area contributed by atoms with Crippen LogP contribution in [0.4, 0.5) is 0 Å². The fourth-order valence-corrected chi connectivity index (χ4v) is 2.26. The van der Waals surface area contributed by atoms with E-state index >= 15 is 0 Å². The summed E-state index contributed by atoms with van der Waals surface area (Å²) in [5.41, 5.74) is 2.43. The van der Waals surface area contributed by atoms with Gasteiger partial charge in [0.25, 0.3) is 0 Å². The first-order chi connectivity index (χ1) is 8.52. The number of aryl methyl sites for hydroxylation is 4. The first-order valence-electron chi connectivity index (χ1n) is 6.66. The van der Waals surface area contributed by atoms with Crippen molar-refractivity contribution in [2.75, 3.05) is 0 Å². The molecule has 0 aliphatic heterocycles. The predicted molar refractivity (Wildman–Crippen MR) is 78.9 cm³/mol. The predicted octanol–water partition coefficient (Wildman–Crippen LogP) is 4.66. The van der Waals surface area contributed by atoms with E-state index in [1.807, 2.05) is 13.8 Å². The Balaban J connectivity index is 0.00000180. The largest absolute Gasteiger partial charge is 2.00 e. The summed E-state index contributed by atoms with van der Waals surface area (Å²) in [5, 5.41) is 0. The topological polar surface area (TPSA) is 26.3 Å². The van der Waals surface area contributed by atoms with Crippen molar-refractivity contribution in [3.63, 3.8) is 0 Å². The van der Waals surface area contributed by atoms with E-state index in [2.05, 4.69) is 32.9 Å². The molecule has 0 saturated carbocycles. The third-order valence-corrected chi connectivity index (χ3v) is 3.63. The molecule has 0 amide bonds. The SMILES string of the molecule is CCCC(c1cc(C)c(C)o1)c1cc(C)c(C)o1.[Ca+2]. The molecule has 98 valence electrons. The number of hydrogen-bond acceptors (Lipinski definition) is 2. The van der Waals surface area contributed by atoms with Crippen molar-refractivity contribution in [1.29, 1.82) is 0 Å². The third kappa shape index (κ3) is 3.68. The number of rotatable bonds is 4. The Labute approximate surface area is 145 Å². The van der Waals surface area contributed by atoms with E-state index in [-0.39, 0.29) is 43.7 Å². The fourth-order valence-electron chi connectivity index (χ4n) is 2.26. The Kier molecular flexibility index (Phi) is 6.22. The van der Waals surface area contributed by atoms with Crippen LogP contribution in [0.15, 0.2) is 21.0 Å². The van der Waals surface area contributed by atoms with Gasteiger partial charge in [-0.2, -0.15) is 0 Å². The van der Waals surface area contributed by atoms with Crippen LogP contribution in [0.2, 0.25) is 0 Å². The second-order valence-corrected chi connectivity index (χ2v) is 5.12. The quantitative estimate of drug-likeness (QED) is 0.764. The normalized spacial score (nSPS) is 10.8.